The van der Waals surface area contributed by atoms with Crippen LogP contribution >= 0.6 is 0 Å². The standard InChI is InChI=1S/4C7H7.Sn/c4*1-7-5-3-2-4-6-7;/h4*2-6H,1H2;. The van der Waals surface area contributed by atoms with Gasteiger partial charge in [0.05, 0.1) is 0 Å². The molecule has 0 atom stereocenters. The van der Waals surface area contributed by atoms with Crippen LogP contribution in [0, 0.1) is 0 Å². The summed E-state index contributed by atoms with van der Waals surface area (Å²) in [5, 5.41) is 0. The van der Waals surface area contributed by atoms with Crippen LogP contribution in [0.4, 0.5) is 0 Å². The van der Waals surface area contributed by atoms with E-state index >= 15 is 0 Å². The molecule has 4 rings (SSSR count). The Kier molecular flexibility index (Phi) is 6.84. The maximum absolute atomic E-state index is 2.72. The maximum atomic E-state index is 2.33. The molecule has 0 aromatic heterocycles. The van der Waals surface area contributed by atoms with Gasteiger partial charge < -0.3 is 0 Å². The van der Waals surface area contributed by atoms with Crippen molar-refractivity contribution in [1.82, 2.24) is 0 Å². The van der Waals surface area contributed by atoms with Crippen LogP contribution < -0.4 is 0 Å². The molecule has 0 aliphatic carbocycles. The molecular weight excluding hydrogens is 455 g/mol. The molecule has 0 aliphatic heterocycles. The quantitative estimate of drug-likeness (QED) is 0.249. The fourth-order valence-corrected chi connectivity index (χ4v) is 19.2. The van der Waals surface area contributed by atoms with Gasteiger partial charge in [-0.15, -0.1) is 0 Å². The van der Waals surface area contributed by atoms with Gasteiger partial charge in [-0.2, -0.15) is 0 Å². The third-order valence-corrected chi connectivity index (χ3v) is 18.9. The van der Waals surface area contributed by atoms with Gasteiger partial charge in [0, 0.05) is 0 Å². The number of rotatable bonds is 8. The molecule has 0 nitrogen and oxygen atoms in total. The van der Waals surface area contributed by atoms with E-state index in [1.54, 1.807) is 0 Å². The molecule has 0 saturated carbocycles. The summed E-state index contributed by atoms with van der Waals surface area (Å²) in [5.41, 5.74) is 6.02. The van der Waals surface area contributed by atoms with Gasteiger partial charge in [0.15, 0.2) is 0 Å². The van der Waals surface area contributed by atoms with Gasteiger partial charge >= 0.3 is 180 Å². The zero-order valence-electron chi connectivity index (χ0n) is 16.9. The third kappa shape index (κ3) is 5.83. The van der Waals surface area contributed by atoms with Crippen molar-refractivity contribution in [2.24, 2.45) is 0 Å². The van der Waals surface area contributed by atoms with Gasteiger partial charge in [0.25, 0.3) is 0 Å². The molecule has 4 aromatic carbocycles. The molecular formula is C28H28Sn. The molecule has 1 heteroatoms. The second-order valence-corrected chi connectivity index (χ2v) is 20.7. The molecule has 0 amide bonds. The molecule has 0 bridgehead atoms. The predicted molar refractivity (Wildman–Crippen MR) is 126 cm³/mol. The molecule has 0 fully saturated rings. The van der Waals surface area contributed by atoms with E-state index in [2.05, 4.69) is 121 Å². The minimum atomic E-state index is -2.72. The molecule has 29 heavy (non-hydrogen) atoms. The topological polar surface area (TPSA) is 0 Å². The number of hydrogen-bond acceptors (Lipinski definition) is 0. The molecule has 0 aliphatic rings. The average Bonchev–Trinajstić information content (AvgIpc) is 2.76. The van der Waals surface area contributed by atoms with E-state index in [-0.39, 0.29) is 0 Å². The summed E-state index contributed by atoms with van der Waals surface area (Å²) in [4.78, 5) is 0. The summed E-state index contributed by atoms with van der Waals surface area (Å²) in [6.07, 6.45) is 0. The average molecular weight is 483 g/mol. The van der Waals surface area contributed by atoms with Crippen molar-refractivity contribution in [2.75, 3.05) is 0 Å². The Morgan fingerprint density at radius 3 is 0.724 bits per heavy atom. The summed E-state index contributed by atoms with van der Waals surface area (Å²) in [6, 6.07) is 44.7. The molecule has 4 aromatic rings. The van der Waals surface area contributed by atoms with E-state index in [9.17, 15) is 0 Å². The fourth-order valence-electron chi connectivity index (χ4n) is 4.49. The molecule has 0 saturated heterocycles. The zero-order valence-corrected chi connectivity index (χ0v) is 19.7. The van der Waals surface area contributed by atoms with Crippen LogP contribution in [0.2, 0.25) is 0 Å². The summed E-state index contributed by atoms with van der Waals surface area (Å²) in [7, 11) is 0. The van der Waals surface area contributed by atoms with Gasteiger partial charge in [-0.1, -0.05) is 0 Å². The Morgan fingerprint density at radius 1 is 0.310 bits per heavy atom. The molecule has 144 valence electrons. The van der Waals surface area contributed by atoms with Crippen LogP contribution in [0.5, 0.6) is 0 Å². The van der Waals surface area contributed by atoms with E-state index in [1.165, 1.54) is 40.0 Å². The molecule has 0 N–H and O–H groups in total. The van der Waals surface area contributed by atoms with Crippen molar-refractivity contribution in [3.05, 3.63) is 144 Å². The Balaban J connectivity index is 1.75. The minimum absolute atomic E-state index is 1.27. The second kappa shape index (κ2) is 9.93. The second-order valence-electron chi connectivity index (χ2n) is 8.15. The van der Waals surface area contributed by atoms with Crippen molar-refractivity contribution >= 4 is 18.4 Å². The van der Waals surface area contributed by atoms with E-state index in [0.717, 1.165) is 0 Å². The molecule has 0 heterocycles. The first kappa shape index (κ1) is 20.0. The van der Waals surface area contributed by atoms with Gasteiger partial charge in [-0.25, -0.2) is 0 Å². The van der Waals surface area contributed by atoms with E-state index in [1.807, 2.05) is 0 Å². The summed E-state index contributed by atoms with van der Waals surface area (Å²) < 4.78 is 5.09. The van der Waals surface area contributed by atoms with Gasteiger partial charge in [0.2, 0.25) is 0 Å². The van der Waals surface area contributed by atoms with Crippen molar-refractivity contribution < 1.29 is 0 Å². The SMILES string of the molecule is c1ccc([CH2][Sn]([CH2]c2ccccc2)([CH2]c2ccccc2)[CH2]c2ccccc2)cc1. The van der Waals surface area contributed by atoms with Crippen molar-refractivity contribution in [3.63, 3.8) is 0 Å². The van der Waals surface area contributed by atoms with E-state index < -0.39 is 18.4 Å². The Bertz CT molecular complexity index is 808. The Labute approximate surface area is 179 Å². The zero-order chi connectivity index (χ0) is 19.8. The van der Waals surface area contributed by atoms with E-state index in [4.69, 9.17) is 0 Å². The first-order valence-electron chi connectivity index (χ1n) is 10.5. The Hall–Kier alpha value is -2.32. The number of hydrogen-bond donors (Lipinski definition) is 0. The van der Waals surface area contributed by atoms with Gasteiger partial charge in [-0.05, 0) is 0 Å². The van der Waals surface area contributed by atoms with Crippen molar-refractivity contribution in [2.45, 2.75) is 17.7 Å². The van der Waals surface area contributed by atoms with Gasteiger partial charge in [0.1, 0.15) is 0 Å². The molecule has 0 spiro atoms. The van der Waals surface area contributed by atoms with E-state index in [0.29, 0.717) is 0 Å². The summed E-state index contributed by atoms with van der Waals surface area (Å²) >= 11 is -2.72. The first-order valence-corrected chi connectivity index (χ1v) is 18.5. The first-order chi connectivity index (χ1) is 14.3. The van der Waals surface area contributed by atoms with Crippen molar-refractivity contribution in [3.8, 4) is 0 Å². The van der Waals surface area contributed by atoms with Crippen LogP contribution in [-0.2, 0) is 17.7 Å². The van der Waals surface area contributed by atoms with Crippen molar-refractivity contribution in [1.29, 1.82) is 0 Å². The van der Waals surface area contributed by atoms with Crippen LogP contribution in [0.15, 0.2) is 121 Å². The molecule has 0 radical (unpaired) electrons. The summed E-state index contributed by atoms with van der Waals surface area (Å²) in [6.45, 7) is 0. The van der Waals surface area contributed by atoms with Crippen LogP contribution in [-0.4, -0.2) is 18.4 Å². The normalized spacial score (nSPS) is 11.3. The summed E-state index contributed by atoms with van der Waals surface area (Å²) in [5.74, 6) is 0. The molecule has 0 unspecified atom stereocenters. The third-order valence-electron chi connectivity index (χ3n) is 5.69. The predicted octanol–water partition coefficient (Wildman–Crippen LogP) is 6.56. The van der Waals surface area contributed by atoms with Crippen LogP contribution in [0.3, 0.4) is 0 Å². The van der Waals surface area contributed by atoms with Crippen LogP contribution in [0.1, 0.15) is 22.3 Å². The number of benzene rings is 4. The Morgan fingerprint density at radius 2 is 0.517 bits per heavy atom. The van der Waals surface area contributed by atoms with Gasteiger partial charge in [-0.3, -0.25) is 0 Å². The van der Waals surface area contributed by atoms with Crippen LogP contribution in [0.25, 0.3) is 0 Å². The monoisotopic (exact) mass is 484 g/mol. The fraction of sp³-hybridized carbons (Fsp3) is 0.143.